The van der Waals surface area contributed by atoms with Gasteiger partial charge < -0.3 is 9.47 Å². The van der Waals surface area contributed by atoms with Gasteiger partial charge in [-0.2, -0.15) is 4.98 Å². The van der Waals surface area contributed by atoms with Gasteiger partial charge in [-0.1, -0.05) is 5.11 Å². The number of aryl methyl sites for hydroxylation is 1. The van der Waals surface area contributed by atoms with Gasteiger partial charge in [0.2, 0.25) is 0 Å². The van der Waals surface area contributed by atoms with Crippen molar-refractivity contribution >= 4 is 0 Å². The molecule has 1 saturated heterocycles. The quantitative estimate of drug-likeness (QED) is 0.472. The molecule has 1 aliphatic rings. The minimum Gasteiger partial charge on any atom is -0.382 e. The van der Waals surface area contributed by atoms with Crippen LogP contribution in [0.3, 0.4) is 0 Å². The van der Waals surface area contributed by atoms with Gasteiger partial charge in [0.25, 0.3) is 0 Å². The first kappa shape index (κ1) is 14.4. The largest absolute Gasteiger partial charge is 0.382 e. The zero-order valence-electron chi connectivity index (χ0n) is 11.1. The third kappa shape index (κ3) is 2.79. The Morgan fingerprint density at radius 1 is 1.75 bits per heavy atom. The van der Waals surface area contributed by atoms with Gasteiger partial charge in [0.1, 0.15) is 6.23 Å². The highest BCUT2D eigenvalue weighted by molar-refractivity contribution is 5.02. The molecule has 0 bridgehead atoms. The van der Waals surface area contributed by atoms with Gasteiger partial charge in [0.05, 0.1) is 24.4 Å². The lowest BCUT2D eigenvalue weighted by molar-refractivity contribution is -0.0367. The molecule has 1 aliphatic heterocycles. The molecule has 0 aliphatic carbocycles. The maximum Gasteiger partial charge on any atom is 0.350 e. The molecule has 9 heteroatoms. The molecule has 1 aromatic heterocycles. The van der Waals surface area contributed by atoms with Crippen LogP contribution in [0.4, 0.5) is 4.39 Å². The van der Waals surface area contributed by atoms with Gasteiger partial charge in [-0.05, 0) is 18.9 Å². The van der Waals surface area contributed by atoms with Crippen molar-refractivity contribution in [3.8, 4) is 0 Å². The van der Waals surface area contributed by atoms with Crippen molar-refractivity contribution in [2.24, 2.45) is 5.11 Å². The standard InChI is InChI=1S/C11H14FN5O3/c1-6-8(12)4-17(11(18)14-6)10-9(15-16-13)3-7(20-10)5-19-2/h4,7,9-10H,3,5H2,1-2H3/t7-,9-,10+/m1/s1. The highest BCUT2D eigenvalue weighted by atomic mass is 19.1. The second kappa shape index (κ2) is 6.00. The third-order valence-corrected chi connectivity index (χ3v) is 3.07. The van der Waals surface area contributed by atoms with Crippen molar-refractivity contribution in [3.05, 3.63) is 38.6 Å². The molecule has 1 aromatic rings. The minimum atomic E-state index is -0.874. The molecule has 3 atom stereocenters. The fraction of sp³-hybridized carbons (Fsp3) is 0.636. The summed E-state index contributed by atoms with van der Waals surface area (Å²) in [6.07, 6.45) is 0.215. The van der Waals surface area contributed by atoms with Crippen LogP contribution in [-0.4, -0.2) is 35.4 Å². The van der Waals surface area contributed by atoms with Crippen LogP contribution in [0.5, 0.6) is 0 Å². The number of ether oxygens (including phenoxy) is 2. The number of azide groups is 1. The van der Waals surface area contributed by atoms with Crippen LogP contribution in [0, 0.1) is 12.7 Å². The van der Waals surface area contributed by atoms with E-state index < -0.39 is 23.8 Å². The molecule has 0 saturated carbocycles. The molecule has 2 heterocycles. The smallest absolute Gasteiger partial charge is 0.350 e. The van der Waals surface area contributed by atoms with E-state index in [1.54, 1.807) is 0 Å². The van der Waals surface area contributed by atoms with Crippen molar-refractivity contribution in [2.45, 2.75) is 31.7 Å². The summed E-state index contributed by atoms with van der Waals surface area (Å²) in [6, 6.07) is -0.609. The van der Waals surface area contributed by atoms with Crippen molar-refractivity contribution < 1.29 is 13.9 Å². The van der Waals surface area contributed by atoms with Gasteiger partial charge in [0, 0.05) is 18.2 Å². The fourth-order valence-electron chi connectivity index (χ4n) is 2.15. The van der Waals surface area contributed by atoms with Crippen LogP contribution < -0.4 is 5.69 Å². The first-order valence-electron chi connectivity index (χ1n) is 6.00. The molecule has 0 amide bonds. The van der Waals surface area contributed by atoms with Crippen LogP contribution in [0.15, 0.2) is 16.1 Å². The summed E-state index contributed by atoms with van der Waals surface area (Å²) >= 11 is 0. The van der Waals surface area contributed by atoms with E-state index in [4.69, 9.17) is 15.0 Å². The van der Waals surface area contributed by atoms with Gasteiger partial charge in [-0.15, -0.1) is 0 Å². The Balaban J connectivity index is 2.36. The summed E-state index contributed by atoms with van der Waals surface area (Å²) in [4.78, 5) is 18.1. The topological polar surface area (TPSA) is 102 Å². The zero-order chi connectivity index (χ0) is 14.7. The summed E-state index contributed by atoms with van der Waals surface area (Å²) in [5.74, 6) is -0.622. The molecule has 0 aromatic carbocycles. The first-order valence-corrected chi connectivity index (χ1v) is 6.00. The van der Waals surface area contributed by atoms with E-state index in [1.807, 2.05) is 0 Å². The molecule has 0 radical (unpaired) electrons. The fourth-order valence-corrected chi connectivity index (χ4v) is 2.15. The van der Waals surface area contributed by atoms with Crippen molar-refractivity contribution in [1.82, 2.24) is 9.55 Å². The van der Waals surface area contributed by atoms with Crippen molar-refractivity contribution in [3.63, 3.8) is 0 Å². The molecule has 1 fully saturated rings. The SMILES string of the molecule is COC[C@H]1C[C@@H](N=[N+]=[N-])[C@@H](n2cc(F)c(C)nc2=O)O1. The summed E-state index contributed by atoms with van der Waals surface area (Å²) in [6.45, 7) is 1.69. The van der Waals surface area contributed by atoms with Gasteiger partial charge in [0.15, 0.2) is 5.82 Å². The highest BCUT2D eigenvalue weighted by Gasteiger charge is 2.36. The number of aromatic nitrogens is 2. The lowest BCUT2D eigenvalue weighted by Gasteiger charge is -2.18. The molecule has 2 rings (SSSR count). The first-order chi connectivity index (χ1) is 9.56. The van der Waals surface area contributed by atoms with Crippen LogP contribution in [0.1, 0.15) is 18.3 Å². The Kier molecular flexibility index (Phi) is 4.33. The van der Waals surface area contributed by atoms with E-state index in [2.05, 4.69) is 15.0 Å². The summed E-state index contributed by atoms with van der Waals surface area (Å²) in [7, 11) is 1.51. The Hall–Kier alpha value is -1.96. The van der Waals surface area contributed by atoms with Crippen LogP contribution in [-0.2, 0) is 9.47 Å². The Morgan fingerprint density at radius 3 is 3.15 bits per heavy atom. The number of hydrogen-bond acceptors (Lipinski definition) is 5. The number of rotatable bonds is 4. The van der Waals surface area contributed by atoms with E-state index in [-0.39, 0.29) is 11.8 Å². The van der Waals surface area contributed by atoms with Gasteiger partial charge in [-0.3, -0.25) is 4.57 Å². The van der Waals surface area contributed by atoms with E-state index in [1.165, 1.54) is 14.0 Å². The average Bonchev–Trinajstić information content (AvgIpc) is 2.78. The van der Waals surface area contributed by atoms with E-state index in [0.717, 1.165) is 10.8 Å². The van der Waals surface area contributed by atoms with E-state index in [9.17, 15) is 9.18 Å². The number of halogens is 1. The molecule has 8 nitrogen and oxygen atoms in total. The molecule has 0 unspecified atom stereocenters. The Morgan fingerprint density at radius 2 is 2.50 bits per heavy atom. The number of nitrogens with zero attached hydrogens (tertiary/aromatic N) is 5. The van der Waals surface area contributed by atoms with E-state index in [0.29, 0.717) is 13.0 Å². The molecule has 20 heavy (non-hydrogen) atoms. The predicted molar refractivity (Wildman–Crippen MR) is 66.5 cm³/mol. The molecule has 108 valence electrons. The molecular formula is C11H14FN5O3. The molecule has 0 N–H and O–H groups in total. The summed E-state index contributed by atoms with van der Waals surface area (Å²) in [5.41, 5.74) is 7.93. The number of methoxy groups -OCH3 is 1. The lowest BCUT2D eigenvalue weighted by Crippen LogP contribution is -2.32. The molecular weight excluding hydrogens is 269 g/mol. The Bertz CT molecular complexity index is 598. The zero-order valence-corrected chi connectivity index (χ0v) is 11.1. The average molecular weight is 283 g/mol. The second-order valence-electron chi connectivity index (χ2n) is 4.48. The number of hydrogen-bond donors (Lipinski definition) is 0. The Labute approximate surface area is 113 Å². The van der Waals surface area contributed by atoms with Crippen LogP contribution in [0.25, 0.3) is 10.4 Å². The van der Waals surface area contributed by atoms with Crippen LogP contribution in [0.2, 0.25) is 0 Å². The second-order valence-corrected chi connectivity index (χ2v) is 4.48. The monoisotopic (exact) mass is 283 g/mol. The third-order valence-electron chi connectivity index (χ3n) is 3.07. The van der Waals surface area contributed by atoms with E-state index >= 15 is 0 Å². The molecule has 0 spiro atoms. The highest BCUT2D eigenvalue weighted by Crippen LogP contribution is 2.30. The van der Waals surface area contributed by atoms with Crippen molar-refractivity contribution in [1.29, 1.82) is 0 Å². The lowest BCUT2D eigenvalue weighted by atomic mass is 10.1. The minimum absolute atomic E-state index is 0.0121. The van der Waals surface area contributed by atoms with Crippen LogP contribution >= 0.6 is 0 Å². The summed E-state index contributed by atoms with van der Waals surface area (Å²) < 4.78 is 25.1. The van der Waals surface area contributed by atoms with Crippen molar-refractivity contribution in [2.75, 3.05) is 13.7 Å². The normalized spacial score (nSPS) is 25.4. The summed E-state index contributed by atoms with van der Waals surface area (Å²) in [5, 5.41) is 3.60. The maximum absolute atomic E-state index is 13.6. The van der Waals surface area contributed by atoms with Gasteiger partial charge in [-0.25, -0.2) is 9.18 Å². The van der Waals surface area contributed by atoms with Gasteiger partial charge >= 0.3 is 5.69 Å². The maximum atomic E-state index is 13.6. The predicted octanol–water partition coefficient (Wildman–Crippen LogP) is 1.30.